The van der Waals surface area contributed by atoms with E-state index in [0.29, 0.717) is 16.8 Å². The number of nitrogens with one attached hydrogen (secondary N) is 2. The maximum atomic E-state index is 13.1. The van der Waals surface area contributed by atoms with E-state index in [-0.39, 0.29) is 24.8 Å². The number of carbonyl (C=O) groups excluding carboxylic acids is 2. The number of rotatable bonds is 3. The van der Waals surface area contributed by atoms with Crippen LogP contribution in [0.5, 0.6) is 0 Å². The standard InChI is InChI=1S/C15H16FN3O3/c1-8(20)6-19-7-11-12(14(19)21)13(18-15(22)17-11)9-2-4-10(16)5-3-9/h2-5,8,13,20H,6-7H2,1H3,(H2,17,18,22)/t8-,13-/m1/s1. The van der Waals surface area contributed by atoms with E-state index in [9.17, 15) is 19.1 Å². The minimum absolute atomic E-state index is 0.192. The highest BCUT2D eigenvalue weighted by atomic mass is 19.1. The molecule has 0 fully saturated rings. The molecule has 6 nitrogen and oxygen atoms in total. The molecule has 2 aliphatic heterocycles. The lowest BCUT2D eigenvalue weighted by Gasteiger charge is -2.25. The van der Waals surface area contributed by atoms with Gasteiger partial charge in [0.15, 0.2) is 0 Å². The molecule has 0 saturated carbocycles. The number of aliphatic hydroxyl groups excluding tert-OH is 1. The van der Waals surface area contributed by atoms with Gasteiger partial charge >= 0.3 is 6.03 Å². The van der Waals surface area contributed by atoms with E-state index in [2.05, 4.69) is 10.6 Å². The quantitative estimate of drug-likeness (QED) is 0.767. The molecule has 7 heteroatoms. The van der Waals surface area contributed by atoms with Crippen LogP contribution in [0.1, 0.15) is 18.5 Å². The summed E-state index contributed by atoms with van der Waals surface area (Å²) in [4.78, 5) is 25.8. The SMILES string of the molecule is C[C@@H](O)CN1CC2=C(C1=O)[C@@H](c1ccc(F)cc1)NC(=O)N2. The van der Waals surface area contributed by atoms with Gasteiger partial charge < -0.3 is 20.6 Å². The Balaban J connectivity index is 1.94. The van der Waals surface area contributed by atoms with Crippen molar-refractivity contribution in [1.82, 2.24) is 15.5 Å². The molecule has 22 heavy (non-hydrogen) atoms. The molecule has 0 bridgehead atoms. The molecule has 1 aromatic rings. The molecular formula is C15H16FN3O3. The van der Waals surface area contributed by atoms with Crippen LogP contribution in [0, 0.1) is 5.82 Å². The smallest absolute Gasteiger partial charge is 0.319 e. The number of hydrogen-bond donors (Lipinski definition) is 3. The molecule has 116 valence electrons. The van der Waals surface area contributed by atoms with Crippen LogP contribution >= 0.6 is 0 Å². The molecule has 3 N–H and O–H groups in total. The van der Waals surface area contributed by atoms with E-state index in [1.165, 1.54) is 17.0 Å². The first-order valence-electron chi connectivity index (χ1n) is 6.99. The zero-order valence-electron chi connectivity index (χ0n) is 12.0. The number of carbonyl (C=O) groups is 2. The molecule has 2 atom stereocenters. The second kappa shape index (κ2) is 5.42. The van der Waals surface area contributed by atoms with E-state index in [0.717, 1.165) is 0 Å². The Morgan fingerprint density at radius 3 is 2.68 bits per heavy atom. The zero-order chi connectivity index (χ0) is 15.9. The number of β-amino-alcohol motifs (C(OH)–C–C–N with tert-alkyl or cyclic N) is 1. The largest absolute Gasteiger partial charge is 0.392 e. The Labute approximate surface area is 126 Å². The predicted molar refractivity (Wildman–Crippen MR) is 76.1 cm³/mol. The van der Waals surface area contributed by atoms with Crippen LogP contribution in [0.3, 0.4) is 0 Å². The Hall–Kier alpha value is -2.41. The molecular weight excluding hydrogens is 289 g/mol. The van der Waals surface area contributed by atoms with Crippen molar-refractivity contribution in [1.29, 1.82) is 0 Å². The fourth-order valence-electron chi connectivity index (χ4n) is 2.80. The van der Waals surface area contributed by atoms with Crippen molar-refractivity contribution in [3.8, 4) is 0 Å². The number of urea groups is 1. The summed E-state index contributed by atoms with van der Waals surface area (Å²) in [5.41, 5.74) is 1.60. The fourth-order valence-corrected chi connectivity index (χ4v) is 2.80. The van der Waals surface area contributed by atoms with E-state index in [1.807, 2.05) is 0 Å². The maximum absolute atomic E-state index is 13.1. The first kappa shape index (κ1) is 14.5. The molecule has 0 saturated heterocycles. The van der Waals surface area contributed by atoms with Crippen molar-refractivity contribution in [2.45, 2.75) is 19.1 Å². The Morgan fingerprint density at radius 1 is 1.36 bits per heavy atom. The third-order valence-corrected chi connectivity index (χ3v) is 3.71. The van der Waals surface area contributed by atoms with Gasteiger partial charge in [0.05, 0.1) is 30.0 Å². The van der Waals surface area contributed by atoms with Gasteiger partial charge in [-0.25, -0.2) is 9.18 Å². The minimum Gasteiger partial charge on any atom is -0.392 e. The molecule has 2 heterocycles. The molecule has 0 unspecified atom stereocenters. The third-order valence-electron chi connectivity index (χ3n) is 3.71. The van der Waals surface area contributed by atoms with Gasteiger partial charge in [0, 0.05) is 6.54 Å². The lowest BCUT2D eigenvalue weighted by Crippen LogP contribution is -2.44. The first-order valence-corrected chi connectivity index (χ1v) is 6.99. The number of amides is 3. The molecule has 0 spiro atoms. The van der Waals surface area contributed by atoms with Gasteiger partial charge in [-0.05, 0) is 24.6 Å². The minimum atomic E-state index is -0.654. The summed E-state index contributed by atoms with van der Waals surface area (Å²) in [5, 5.41) is 14.8. The van der Waals surface area contributed by atoms with Crippen molar-refractivity contribution in [3.05, 3.63) is 46.9 Å². The number of benzene rings is 1. The van der Waals surface area contributed by atoms with Crippen molar-refractivity contribution >= 4 is 11.9 Å². The van der Waals surface area contributed by atoms with Gasteiger partial charge in [-0.1, -0.05) is 12.1 Å². The predicted octanol–water partition coefficient (Wildman–Crippen LogP) is 0.657. The summed E-state index contributed by atoms with van der Waals surface area (Å²) in [6, 6.07) is 4.64. The van der Waals surface area contributed by atoms with E-state index in [4.69, 9.17) is 0 Å². The number of hydrogen-bond acceptors (Lipinski definition) is 3. The van der Waals surface area contributed by atoms with Gasteiger partial charge in [0.2, 0.25) is 0 Å². The van der Waals surface area contributed by atoms with Crippen LogP contribution in [-0.2, 0) is 4.79 Å². The molecule has 0 radical (unpaired) electrons. The Bertz CT molecular complexity index is 655. The molecule has 0 aromatic heterocycles. The van der Waals surface area contributed by atoms with Crippen LogP contribution in [-0.4, -0.2) is 41.1 Å². The van der Waals surface area contributed by atoms with Crippen LogP contribution in [0.15, 0.2) is 35.5 Å². The topological polar surface area (TPSA) is 81.7 Å². The van der Waals surface area contributed by atoms with E-state index >= 15 is 0 Å². The molecule has 1 aromatic carbocycles. The van der Waals surface area contributed by atoms with Crippen LogP contribution < -0.4 is 10.6 Å². The zero-order valence-corrected chi connectivity index (χ0v) is 12.0. The van der Waals surface area contributed by atoms with Gasteiger partial charge in [0.25, 0.3) is 5.91 Å². The normalized spacial score (nSPS) is 22.3. The van der Waals surface area contributed by atoms with Crippen LogP contribution in [0.25, 0.3) is 0 Å². The van der Waals surface area contributed by atoms with Gasteiger partial charge in [-0.15, -0.1) is 0 Å². The van der Waals surface area contributed by atoms with E-state index in [1.54, 1.807) is 19.1 Å². The van der Waals surface area contributed by atoms with Gasteiger partial charge in [0.1, 0.15) is 5.82 Å². The maximum Gasteiger partial charge on any atom is 0.319 e. The molecule has 3 amide bonds. The molecule has 0 aliphatic carbocycles. The Morgan fingerprint density at radius 2 is 2.05 bits per heavy atom. The summed E-state index contributed by atoms with van der Waals surface area (Å²) in [5.74, 6) is -0.621. The first-order chi connectivity index (χ1) is 10.5. The van der Waals surface area contributed by atoms with Crippen molar-refractivity contribution in [2.24, 2.45) is 0 Å². The summed E-state index contributed by atoms with van der Waals surface area (Å²) in [6.45, 7) is 2.04. The average molecular weight is 305 g/mol. The highest BCUT2D eigenvalue weighted by Crippen LogP contribution is 2.32. The van der Waals surface area contributed by atoms with Crippen molar-refractivity contribution in [2.75, 3.05) is 13.1 Å². The second-order valence-electron chi connectivity index (χ2n) is 5.51. The number of halogens is 1. The van der Waals surface area contributed by atoms with E-state index < -0.39 is 18.2 Å². The van der Waals surface area contributed by atoms with Gasteiger partial charge in [-0.3, -0.25) is 4.79 Å². The number of aliphatic hydroxyl groups is 1. The second-order valence-corrected chi connectivity index (χ2v) is 5.51. The van der Waals surface area contributed by atoms with Crippen molar-refractivity contribution < 1.29 is 19.1 Å². The lowest BCUT2D eigenvalue weighted by molar-refractivity contribution is -0.126. The fraction of sp³-hybridized carbons (Fsp3) is 0.333. The average Bonchev–Trinajstić information content (AvgIpc) is 2.74. The summed E-state index contributed by atoms with van der Waals surface area (Å²) in [7, 11) is 0. The summed E-state index contributed by atoms with van der Waals surface area (Å²) in [6.07, 6.45) is -0.654. The highest BCUT2D eigenvalue weighted by molar-refractivity contribution is 6.01. The molecule has 2 aliphatic rings. The Kier molecular flexibility index (Phi) is 3.58. The third kappa shape index (κ3) is 2.55. The summed E-state index contributed by atoms with van der Waals surface area (Å²) < 4.78 is 13.1. The number of nitrogens with zero attached hydrogens (tertiary/aromatic N) is 1. The van der Waals surface area contributed by atoms with Crippen LogP contribution in [0.2, 0.25) is 0 Å². The van der Waals surface area contributed by atoms with Crippen molar-refractivity contribution in [3.63, 3.8) is 0 Å². The molecule has 3 rings (SSSR count). The lowest BCUT2D eigenvalue weighted by atomic mass is 9.96. The van der Waals surface area contributed by atoms with Gasteiger partial charge in [-0.2, -0.15) is 0 Å². The monoisotopic (exact) mass is 305 g/mol. The highest BCUT2D eigenvalue weighted by Gasteiger charge is 2.40. The summed E-state index contributed by atoms with van der Waals surface area (Å²) >= 11 is 0. The van der Waals surface area contributed by atoms with Crippen LogP contribution in [0.4, 0.5) is 9.18 Å².